The van der Waals surface area contributed by atoms with Crippen LogP contribution in [0.15, 0.2) is 52.5 Å². The first-order valence-corrected chi connectivity index (χ1v) is 11.1. The summed E-state index contributed by atoms with van der Waals surface area (Å²) in [5, 5.41) is 3.85. The van der Waals surface area contributed by atoms with Crippen LogP contribution in [0.25, 0.3) is 0 Å². The Bertz CT molecular complexity index is 896. The number of hydrogen-bond donors (Lipinski definition) is 1. The third-order valence-electron chi connectivity index (χ3n) is 4.02. The Labute approximate surface area is 172 Å². The van der Waals surface area contributed by atoms with Crippen molar-refractivity contribution in [2.45, 2.75) is 38.0 Å². The van der Waals surface area contributed by atoms with Crippen LogP contribution in [0, 0.1) is 0 Å². The standard InChI is InChI=1S/C21H28N2O5S/c1-4-6-7-14-28-20-13-8-17(15-21(20)26-3)16-22-23-29(24,25)19-11-9-18(10-12-19)27-5-2/h8-13,15-16,23H,4-7,14H2,1-3H3/b22-16+. The van der Waals surface area contributed by atoms with E-state index in [-0.39, 0.29) is 4.90 Å². The topological polar surface area (TPSA) is 86.2 Å². The lowest BCUT2D eigenvalue weighted by atomic mass is 10.2. The van der Waals surface area contributed by atoms with Crippen molar-refractivity contribution in [3.8, 4) is 17.2 Å². The molecular weight excluding hydrogens is 392 g/mol. The molecule has 29 heavy (non-hydrogen) atoms. The first kappa shape index (κ1) is 22.5. The summed E-state index contributed by atoms with van der Waals surface area (Å²) in [6.07, 6.45) is 4.63. The zero-order valence-corrected chi connectivity index (χ0v) is 17.9. The van der Waals surface area contributed by atoms with Crippen LogP contribution in [0.2, 0.25) is 0 Å². The van der Waals surface area contributed by atoms with Crippen molar-refractivity contribution in [2.75, 3.05) is 20.3 Å². The quantitative estimate of drug-likeness (QED) is 0.319. The molecule has 0 aliphatic carbocycles. The Kier molecular flexibility index (Phi) is 8.79. The number of benzene rings is 2. The zero-order valence-electron chi connectivity index (χ0n) is 17.1. The van der Waals surface area contributed by atoms with Crippen LogP contribution in [0.4, 0.5) is 0 Å². The van der Waals surface area contributed by atoms with Crippen LogP contribution >= 0.6 is 0 Å². The Morgan fingerprint density at radius 2 is 1.76 bits per heavy atom. The average Bonchev–Trinajstić information content (AvgIpc) is 2.72. The van der Waals surface area contributed by atoms with Gasteiger partial charge < -0.3 is 14.2 Å². The Balaban J connectivity index is 2.01. The third kappa shape index (κ3) is 6.98. The van der Waals surface area contributed by atoms with Crippen LogP contribution in [0.5, 0.6) is 17.2 Å². The maximum atomic E-state index is 12.3. The first-order chi connectivity index (χ1) is 14.0. The molecule has 0 radical (unpaired) electrons. The van der Waals surface area contributed by atoms with Gasteiger partial charge in [-0.25, -0.2) is 4.83 Å². The molecule has 2 aromatic carbocycles. The highest BCUT2D eigenvalue weighted by Crippen LogP contribution is 2.27. The highest BCUT2D eigenvalue weighted by Gasteiger charge is 2.12. The molecule has 0 saturated carbocycles. The summed E-state index contributed by atoms with van der Waals surface area (Å²) in [5.41, 5.74) is 0.678. The van der Waals surface area contributed by atoms with Gasteiger partial charge in [-0.1, -0.05) is 19.8 Å². The molecule has 0 saturated heterocycles. The molecule has 2 aromatic rings. The average molecular weight is 421 g/mol. The van der Waals surface area contributed by atoms with Crippen molar-refractivity contribution >= 4 is 16.2 Å². The van der Waals surface area contributed by atoms with Crippen LogP contribution in [0.1, 0.15) is 38.7 Å². The number of nitrogens with one attached hydrogen (secondary N) is 1. The molecule has 0 fully saturated rings. The molecule has 0 spiro atoms. The predicted molar refractivity (Wildman–Crippen MR) is 114 cm³/mol. The molecule has 1 N–H and O–H groups in total. The van der Waals surface area contributed by atoms with Crippen molar-refractivity contribution in [1.82, 2.24) is 4.83 Å². The van der Waals surface area contributed by atoms with E-state index in [1.54, 1.807) is 37.4 Å². The second-order valence-corrected chi connectivity index (χ2v) is 7.88. The van der Waals surface area contributed by atoms with Crippen LogP contribution in [-0.2, 0) is 10.0 Å². The van der Waals surface area contributed by atoms with Gasteiger partial charge in [-0.15, -0.1) is 0 Å². The fourth-order valence-electron chi connectivity index (χ4n) is 2.52. The van der Waals surface area contributed by atoms with E-state index in [4.69, 9.17) is 14.2 Å². The first-order valence-electron chi connectivity index (χ1n) is 9.58. The van der Waals surface area contributed by atoms with Gasteiger partial charge in [0, 0.05) is 0 Å². The number of rotatable bonds is 12. The van der Waals surface area contributed by atoms with Gasteiger partial charge in [-0.2, -0.15) is 13.5 Å². The van der Waals surface area contributed by atoms with E-state index < -0.39 is 10.0 Å². The number of hydrogen-bond acceptors (Lipinski definition) is 6. The van der Waals surface area contributed by atoms with Gasteiger partial charge in [-0.3, -0.25) is 0 Å². The molecule has 8 heteroatoms. The Morgan fingerprint density at radius 1 is 1.00 bits per heavy atom. The predicted octanol–water partition coefficient (Wildman–Crippen LogP) is 3.98. The number of hydrazone groups is 1. The highest BCUT2D eigenvalue weighted by molar-refractivity contribution is 7.89. The maximum Gasteiger partial charge on any atom is 0.276 e. The van der Waals surface area contributed by atoms with E-state index in [1.807, 2.05) is 6.92 Å². The minimum absolute atomic E-state index is 0.103. The van der Waals surface area contributed by atoms with Gasteiger partial charge in [0.05, 0.1) is 31.4 Å². The summed E-state index contributed by atoms with van der Waals surface area (Å²) < 4.78 is 41.1. The Morgan fingerprint density at radius 3 is 2.41 bits per heavy atom. The van der Waals surface area contributed by atoms with Crippen LogP contribution < -0.4 is 19.0 Å². The molecule has 0 unspecified atom stereocenters. The molecule has 0 heterocycles. The molecule has 0 aliphatic heterocycles. The van der Waals surface area contributed by atoms with Gasteiger partial charge in [0.1, 0.15) is 5.75 Å². The molecule has 0 aromatic heterocycles. The lowest BCUT2D eigenvalue weighted by Crippen LogP contribution is -2.18. The van der Waals surface area contributed by atoms with E-state index in [0.717, 1.165) is 19.3 Å². The summed E-state index contributed by atoms with van der Waals surface area (Å²) in [6.45, 7) is 5.14. The molecule has 0 aliphatic rings. The normalized spacial score (nSPS) is 11.4. The van der Waals surface area contributed by atoms with Gasteiger partial charge in [-0.05, 0) is 61.4 Å². The number of methoxy groups -OCH3 is 1. The van der Waals surface area contributed by atoms with Crippen LogP contribution in [0.3, 0.4) is 0 Å². The van der Waals surface area contributed by atoms with E-state index in [1.165, 1.54) is 18.3 Å². The smallest absolute Gasteiger partial charge is 0.276 e. The number of unbranched alkanes of at least 4 members (excludes halogenated alkanes) is 2. The Hall–Kier alpha value is -2.74. The van der Waals surface area contributed by atoms with Gasteiger partial charge >= 0.3 is 0 Å². The minimum Gasteiger partial charge on any atom is -0.494 e. The van der Waals surface area contributed by atoms with Crippen molar-refractivity contribution < 1.29 is 22.6 Å². The molecule has 7 nitrogen and oxygen atoms in total. The minimum atomic E-state index is -3.76. The molecule has 158 valence electrons. The fraction of sp³-hybridized carbons (Fsp3) is 0.381. The van der Waals surface area contributed by atoms with Crippen LogP contribution in [-0.4, -0.2) is 35.0 Å². The fourth-order valence-corrected chi connectivity index (χ4v) is 3.31. The lowest BCUT2D eigenvalue weighted by molar-refractivity contribution is 0.286. The number of nitrogens with zero attached hydrogens (tertiary/aromatic N) is 1. The monoisotopic (exact) mass is 420 g/mol. The molecule has 0 atom stereocenters. The largest absolute Gasteiger partial charge is 0.494 e. The second-order valence-electron chi connectivity index (χ2n) is 6.22. The molecular formula is C21H28N2O5S. The van der Waals surface area contributed by atoms with Crippen molar-refractivity contribution in [1.29, 1.82) is 0 Å². The summed E-state index contributed by atoms with van der Waals surface area (Å²) in [7, 11) is -2.20. The summed E-state index contributed by atoms with van der Waals surface area (Å²) in [4.78, 5) is 2.31. The maximum absolute atomic E-state index is 12.3. The van der Waals surface area contributed by atoms with Crippen molar-refractivity contribution in [3.05, 3.63) is 48.0 Å². The van der Waals surface area contributed by atoms with Crippen molar-refractivity contribution in [3.63, 3.8) is 0 Å². The van der Waals surface area contributed by atoms with Crippen molar-refractivity contribution in [2.24, 2.45) is 5.10 Å². The third-order valence-corrected chi connectivity index (χ3v) is 5.26. The molecule has 0 amide bonds. The molecule has 0 bridgehead atoms. The van der Waals surface area contributed by atoms with E-state index in [0.29, 0.717) is 36.0 Å². The number of sulfonamides is 1. The van der Waals surface area contributed by atoms with Gasteiger partial charge in [0.25, 0.3) is 10.0 Å². The van der Waals surface area contributed by atoms with Gasteiger partial charge in [0.15, 0.2) is 11.5 Å². The van der Waals surface area contributed by atoms with E-state index >= 15 is 0 Å². The van der Waals surface area contributed by atoms with Gasteiger partial charge in [0.2, 0.25) is 0 Å². The van der Waals surface area contributed by atoms with E-state index in [9.17, 15) is 8.42 Å². The zero-order chi connectivity index (χ0) is 21.1. The SMILES string of the molecule is CCCCCOc1ccc(/C=N/NS(=O)(=O)c2ccc(OCC)cc2)cc1OC. The molecule has 2 rings (SSSR count). The summed E-state index contributed by atoms with van der Waals surface area (Å²) in [5.74, 6) is 1.83. The van der Waals surface area contributed by atoms with E-state index in [2.05, 4.69) is 16.9 Å². The highest BCUT2D eigenvalue weighted by atomic mass is 32.2. The summed E-state index contributed by atoms with van der Waals surface area (Å²) >= 11 is 0. The lowest BCUT2D eigenvalue weighted by Gasteiger charge is -2.11. The number of ether oxygens (including phenoxy) is 3. The second kappa shape index (κ2) is 11.3. The summed E-state index contributed by atoms with van der Waals surface area (Å²) in [6, 6.07) is 11.5.